The maximum Gasteiger partial charge on any atom is 0.321 e. The van der Waals surface area contributed by atoms with Crippen LogP contribution in [0.15, 0.2) is 59.5 Å². The number of nitro groups is 1. The number of esters is 1. The quantitative estimate of drug-likeness (QED) is 0.372. The molecule has 0 spiro atoms. The van der Waals surface area contributed by atoms with Crippen molar-refractivity contribution >= 4 is 33.4 Å². The summed E-state index contributed by atoms with van der Waals surface area (Å²) in [7, 11) is -2.63. The lowest BCUT2D eigenvalue weighted by molar-refractivity contribution is -0.384. The second-order valence-electron chi connectivity index (χ2n) is 5.51. The van der Waals surface area contributed by atoms with Gasteiger partial charge in [0.2, 0.25) is 10.0 Å². The summed E-state index contributed by atoms with van der Waals surface area (Å²) in [5, 5.41) is 13.7. The molecule has 0 aliphatic rings. The number of carbonyl (C=O) groups is 1. The Morgan fingerprint density at radius 1 is 1.21 bits per heavy atom. The molecule has 0 aliphatic carbocycles. The van der Waals surface area contributed by atoms with Crippen LogP contribution in [0.1, 0.15) is 5.56 Å². The molecule has 0 fully saturated rings. The molecule has 0 bridgehead atoms. The van der Waals surface area contributed by atoms with E-state index < -0.39 is 27.5 Å². The zero-order valence-electron chi connectivity index (χ0n) is 15.0. The summed E-state index contributed by atoms with van der Waals surface area (Å²) >= 11 is 0. The molecule has 148 valence electrons. The van der Waals surface area contributed by atoms with E-state index in [9.17, 15) is 23.3 Å². The molecule has 2 aromatic rings. The summed E-state index contributed by atoms with van der Waals surface area (Å²) in [6.45, 7) is -0.610. The summed E-state index contributed by atoms with van der Waals surface area (Å²) in [4.78, 5) is 21.7. The first-order valence-electron chi connectivity index (χ1n) is 8.16. The van der Waals surface area contributed by atoms with Gasteiger partial charge in [-0.25, -0.2) is 8.42 Å². The van der Waals surface area contributed by atoms with Crippen molar-refractivity contribution in [2.24, 2.45) is 0 Å². The van der Waals surface area contributed by atoms with Crippen molar-refractivity contribution in [2.45, 2.75) is 4.90 Å². The summed E-state index contributed by atoms with van der Waals surface area (Å²) in [5.74, 6) is -0.775. The van der Waals surface area contributed by atoms with Crippen LogP contribution in [0.2, 0.25) is 0 Å². The van der Waals surface area contributed by atoms with Crippen molar-refractivity contribution in [3.63, 3.8) is 0 Å². The number of hydrogen-bond acceptors (Lipinski definition) is 7. The van der Waals surface area contributed by atoms with E-state index >= 15 is 0 Å². The fourth-order valence-electron chi connectivity index (χ4n) is 2.22. The summed E-state index contributed by atoms with van der Waals surface area (Å²) in [6, 6.07) is 12.8. The molecule has 0 aliphatic heterocycles. The van der Waals surface area contributed by atoms with Gasteiger partial charge in [0.25, 0.3) is 5.69 Å². The normalized spacial score (nSPS) is 11.3. The molecule has 0 saturated heterocycles. The Morgan fingerprint density at radius 3 is 2.57 bits per heavy atom. The van der Waals surface area contributed by atoms with Crippen molar-refractivity contribution in [3.05, 3.63) is 70.3 Å². The van der Waals surface area contributed by atoms with Crippen molar-refractivity contribution in [2.75, 3.05) is 25.5 Å². The smallest absolute Gasteiger partial charge is 0.321 e. The van der Waals surface area contributed by atoms with Gasteiger partial charge < -0.3 is 10.1 Å². The fraction of sp³-hybridized carbons (Fsp3) is 0.167. The van der Waals surface area contributed by atoms with E-state index in [2.05, 4.69) is 10.0 Å². The van der Waals surface area contributed by atoms with Crippen LogP contribution in [0.25, 0.3) is 6.08 Å². The van der Waals surface area contributed by atoms with Gasteiger partial charge in [0, 0.05) is 13.1 Å². The number of ether oxygens (including phenoxy) is 1. The average Bonchev–Trinajstić information content (AvgIpc) is 2.70. The molecule has 0 unspecified atom stereocenters. The van der Waals surface area contributed by atoms with E-state index in [-0.39, 0.29) is 22.9 Å². The van der Waals surface area contributed by atoms with Crippen molar-refractivity contribution < 1.29 is 22.9 Å². The highest BCUT2D eigenvalue weighted by molar-refractivity contribution is 7.89. The predicted molar refractivity (Wildman–Crippen MR) is 104 cm³/mol. The lowest BCUT2D eigenvalue weighted by Gasteiger charge is -2.08. The van der Waals surface area contributed by atoms with E-state index in [1.54, 1.807) is 12.2 Å². The maximum absolute atomic E-state index is 12.3. The molecule has 2 N–H and O–H groups in total. The number of sulfonamides is 1. The van der Waals surface area contributed by atoms with Crippen LogP contribution in [0.5, 0.6) is 0 Å². The van der Waals surface area contributed by atoms with Crippen LogP contribution in [0.3, 0.4) is 0 Å². The second-order valence-corrected chi connectivity index (χ2v) is 7.27. The Morgan fingerprint density at radius 2 is 1.93 bits per heavy atom. The van der Waals surface area contributed by atoms with Gasteiger partial charge in [-0.15, -0.1) is 0 Å². The molecule has 2 aromatic carbocycles. The first-order valence-corrected chi connectivity index (χ1v) is 9.65. The summed E-state index contributed by atoms with van der Waals surface area (Å²) < 4.78 is 31.5. The minimum atomic E-state index is -4.11. The molecule has 10 heteroatoms. The Labute approximate surface area is 162 Å². The third kappa shape index (κ3) is 5.89. The largest absolute Gasteiger partial charge is 0.460 e. The number of anilines is 1. The average molecular weight is 405 g/mol. The number of nitro benzene ring substituents is 1. The molecule has 0 aromatic heterocycles. The molecule has 0 heterocycles. The van der Waals surface area contributed by atoms with Gasteiger partial charge in [0.15, 0.2) is 0 Å². The zero-order chi connectivity index (χ0) is 20.6. The first kappa shape index (κ1) is 21.1. The SMILES string of the molecule is CNc1ccc(S(=O)(=O)NCC(=O)OC/C=C/c2ccccc2)cc1[N+](=O)[O-]. The maximum atomic E-state index is 12.3. The Bertz CT molecular complexity index is 974. The number of benzene rings is 2. The molecule has 0 saturated carbocycles. The molecule has 0 atom stereocenters. The zero-order valence-corrected chi connectivity index (χ0v) is 15.8. The second kappa shape index (κ2) is 9.62. The van der Waals surface area contributed by atoms with Crippen LogP contribution >= 0.6 is 0 Å². The van der Waals surface area contributed by atoms with Crippen molar-refractivity contribution in [1.29, 1.82) is 0 Å². The highest BCUT2D eigenvalue weighted by Crippen LogP contribution is 2.26. The predicted octanol–water partition coefficient (Wildman–Crippen LogP) is 2.17. The van der Waals surface area contributed by atoms with Gasteiger partial charge in [0.05, 0.1) is 9.82 Å². The minimum Gasteiger partial charge on any atom is -0.460 e. The lowest BCUT2D eigenvalue weighted by atomic mass is 10.2. The number of nitrogens with zero attached hydrogens (tertiary/aromatic N) is 1. The van der Waals surface area contributed by atoms with E-state index in [4.69, 9.17) is 4.74 Å². The summed E-state index contributed by atoms with van der Waals surface area (Å²) in [6.07, 6.45) is 3.39. The molecule has 0 amide bonds. The van der Waals surface area contributed by atoms with Gasteiger partial charge in [0.1, 0.15) is 18.8 Å². The highest BCUT2D eigenvalue weighted by atomic mass is 32.2. The molecular weight excluding hydrogens is 386 g/mol. The number of carbonyl (C=O) groups excluding carboxylic acids is 1. The van der Waals surface area contributed by atoms with Crippen LogP contribution in [0, 0.1) is 10.1 Å². The lowest BCUT2D eigenvalue weighted by Crippen LogP contribution is -2.30. The van der Waals surface area contributed by atoms with Gasteiger partial charge in [-0.1, -0.05) is 36.4 Å². The minimum absolute atomic E-state index is 0.0161. The Balaban J connectivity index is 1.92. The molecular formula is C18H19N3O6S. The van der Waals surface area contributed by atoms with Crippen LogP contribution < -0.4 is 10.0 Å². The van der Waals surface area contributed by atoms with E-state index in [0.717, 1.165) is 11.6 Å². The molecule has 9 nitrogen and oxygen atoms in total. The first-order chi connectivity index (χ1) is 13.3. The van der Waals surface area contributed by atoms with Gasteiger partial charge >= 0.3 is 5.97 Å². The third-order valence-corrected chi connectivity index (χ3v) is 5.00. The third-order valence-electron chi connectivity index (χ3n) is 3.60. The van der Waals surface area contributed by atoms with Gasteiger partial charge in [-0.2, -0.15) is 4.72 Å². The molecule has 0 radical (unpaired) electrons. The highest BCUT2D eigenvalue weighted by Gasteiger charge is 2.21. The van der Waals surface area contributed by atoms with E-state index in [1.807, 2.05) is 30.3 Å². The topological polar surface area (TPSA) is 128 Å². The van der Waals surface area contributed by atoms with E-state index in [0.29, 0.717) is 0 Å². The fourth-order valence-corrected chi connectivity index (χ4v) is 3.21. The van der Waals surface area contributed by atoms with Crippen molar-refractivity contribution in [1.82, 2.24) is 4.72 Å². The molecule has 2 rings (SSSR count). The number of nitrogens with one attached hydrogen (secondary N) is 2. The Kier molecular flexibility index (Phi) is 7.24. The standard InChI is InChI=1S/C18H19N3O6S/c1-19-16-10-9-15(12-17(16)21(23)24)28(25,26)20-13-18(22)27-11-5-8-14-6-3-2-4-7-14/h2-10,12,19-20H,11,13H2,1H3/b8-5+. The van der Waals surface area contributed by atoms with E-state index in [1.165, 1.54) is 19.2 Å². The molecule has 28 heavy (non-hydrogen) atoms. The van der Waals surface area contributed by atoms with Gasteiger partial charge in [-0.3, -0.25) is 14.9 Å². The Hall–Kier alpha value is -3.24. The monoisotopic (exact) mass is 405 g/mol. The van der Waals surface area contributed by atoms with Crippen molar-refractivity contribution in [3.8, 4) is 0 Å². The van der Waals surface area contributed by atoms with Crippen LogP contribution in [-0.4, -0.2) is 39.5 Å². The summed E-state index contributed by atoms with van der Waals surface area (Å²) in [5.41, 5.74) is 0.721. The van der Waals surface area contributed by atoms with Gasteiger partial charge in [-0.05, 0) is 23.8 Å². The number of hydrogen-bond donors (Lipinski definition) is 2. The van der Waals surface area contributed by atoms with Crippen LogP contribution in [-0.2, 0) is 19.6 Å². The van der Waals surface area contributed by atoms with Crippen LogP contribution in [0.4, 0.5) is 11.4 Å². The number of rotatable bonds is 9.